The lowest BCUT2D eigenvalue weighted by Gasteiger charge is -2.22. The van der Waals surface area contributed by atoms with Crippen LogP contribution in [0.1, 0.15) is 43.1 Å². The monoisotopic (exact) mass is 413 g/mol. The average molecular weight is 415 g/mol. The number of nitrogens with zero attached hydrogens (tertiary/aromatic N) is 2. The van der Waals surface area contributed by atoms with Gasteiger partial charge in [-0.05, 0) is 59.9 Å². The number of benzene rings is 1. The lowest BCUT2D eigenvalue weighted by atomic mass is 10.0. The van der Waals surface area contributed by atoms with Gasteiger partial charge in [0.05, 0.1) is 22.4 Å². The van der Waals surface area contributed by atoms with Gasteiger partial charge >= 0.3 is 0 Å². The predicted octanol–water partition coefficient (Wildman–Crippen LogP) is 4.83. The Morgan fingerprint density at radius 2 is 2.00 bits per heavy atom. The van der Waals surface area contributed by atoms with Crippen molar-refractivity contribution in [3.05, 3.63) is 50.2 Å². The molecule has 0 saturated carbocycles. The molecule has 1 aromatic heterocycles. The number of nitrogens with one attached hydrogen (secondary N) is 1. The molecule has 0 aliphatic heterocycles. The van der Waals surface area contributed by atoms with E-state index in [4.69, 9.17) is 0 Å². The third-order valence-corrected chi connectivity index (χ3v) is 4.77. The maximum absolute atomic E-state index is 4.45. The molecule has 1 atom stereocenters. The van der Waals surface area contributed by atoms with Crippen LogP contribution in [0.4, 0.5) is 0 Å². The minimum atomic E-state index is 0.122. The maximum Gasteiger partial charge on any atom is 0.0770 e. The van der Waals surface area contributed by atoms with Crippen molar-refractivity contribution in [2.75, 3.05) is 6.54 Å². The summed E-state index contributed by atoms with van der Waals surface area (Å²) in [6.45, 7) is 8.22. The van der Waals surface area contributed by atoms with Gasteiger partial charge in [0.2, 0.25) is 0 Å². The molecule has 21 heavy (non-hydrogen) atoms. The van der Waals surface area contributed by atoms with E-state index in [1.165, 1.54) is 16.8 Å². The fourth-order valence-corrected chi connectivity index (χ4v) is 3.67. The number of hydrogen-bond acceptors (Lipinski definition) is 2. The van der Waals surface area contributed by atoms with Gasteiger partial charge in [-0.1, -0.05) is 35.0 Å². The van der Waals surface area contributed by atoms with Crippen molar-refractivity contribution in [1.29, 1.82) is 0 Å². The molecule has 5 heteroatoms. The molecule has 2 rings (SSSR count). The second-order valence-corrected chi connectivity index (χ2v) is 6.81. The zero-order valence-electron chi connectivity index (χ0n) is 12.7. The van der Waals surface area contributed by atoms with Gasteiger partial charge in [-0.25, -0.2) is 0 Å². The first kappa shape index (κ1) is 16.7. The second kappa shape index (κ2) is 7.56. The summed E-state index contributed by atoms with van der Waals surface area (Å²) in [6.07, 6.45) is 2.97. The number of hydrogen-bond donors (Lipinski definition) is 1. The van der Waals surface area contributed by atoms with E-state index < -0.39 is 0 Å². The minimum Gasteiger partial charge on any atom is -0.305 e. The molecule has 0 amide bonds. The standard InChI is InChI=1S/C16H21Br2N3/c1-4-8-19-15(12-7-6-11(3)9-13(12)17)16-14(18)10-20-21(16)5-2/h6-7,9-10,15,19H,4-5,8H2,1-3H3. The van der Waals surface area contributed by atoms with Gasteiger partial charge in [0, 0.05) is 11.0 Å². The van der Waals surface area contributed by atoms with Crippen molar-refractivity contribution in [2.45, 2.75) is 39.8 Å². The van der Waals surface area contributed by atoms with Gasteiger partial charge in [-0.15, -0.1) is 0 Å². The smallest absolute Gasteiger partial charge is 0.0770 e. The van der Waals surface area contributed by atoms with E-state index in [2.05, 4.69) is 81.2 Å². The van der Waals surface area contributed by atoms with Crippen LogP contribution >= 0.6 is 31.9 Å². The third kappa shape index (κ3) is 3.76. The summed E-state index contributed by atoms with van der Waals surface area (Å²) in [4.78, 5) is 0. The number of rotatable bonds is 6. The Balaban J connectivity index is 2.49. The molecule has 0 fully saturated rings. The molecule has 0 bridgehead atoms. The Bertz CT molecular complexity index is 608. The van der Waals surface area contributed by atoms with Gasteiger partial charge in [-0.2, -0.15) is 5.10 Å². The first-order valence-corrected chi connectivity index (χ1v) is 8.87. The highest BCUT2D eigenvalue weighted by Crippen LogP contribution is 2.33. The lowest BCUT2D eigenvalue weighted by Crippen LogP contribution is -2.26. The van der Waals surface area contributed by atoms with Crippen LogP contribution in [0.5, 0.6) is 0 Å². The number of halogens is 2. The van der Waals surface area contributed by atoms with Crippen LogP contribution in [0.25, 0.3) is 0 Å². The highest BCUT2D eigenvalue weighted by molar-refractivity contribution is 9.10. The Labute approximate surface area is 143 Å². The van der Waals surface area contributed by atoms with Gasteiger partial charge in [0.1, 0.15) is 0 Å². The van der Waals surface area contributed by atoms with Crippen molar-refractivity contribution in [3.63, 3.8) is 0 Å². The molecular weight excluding hydrogens is 394 g/mol. The van der Waals surface area contributed by atoms with Gasteiger partial charge in [-0.3, -0.25) is 4.68 Å². The summed E-state index contributed by atoms with van der Waals surface area (Å²) in [7, 11) is 0. The molecule has 0 aliphatic rings. The van der Waals surface area contributed by atoms with E-state index in [-0.39, 0.29) is 6.04 Å². The largest absolute Gasteiger partial charge is 0.305 e. The normalized spacial score (nSPS) is 12.6. The topological polar surface area (TPSA) is 29.9 Å². The molecule has 3 nitrogen and oxygen atoms in total. The van der Waals surface area contributed by atoms with Crippen molar-refractivity contribution >= 4 is 31.9 Å². The SMILES string of the molecule is CCCNC(c1ccc(C)cc1Br)c1c(Br)cnn1CC. The fourth-order valence-electron chi connectivity index (χ4n) is 2.42. The summed E-state index contributed by atoms with van der Waals surface area (Å²) in [5, 5.41) is 8.09. The van der Waals surface area contributed by atoms with Crippen molar-refractivity contribution in [3.8, 4) is 0 Å². The van der Waals surface area contributed by atoms with Crippen LogP contribution in [0.3, 0.4) is 0 Å². The molecule has 0 radical (unpaired) electrons. The first-order chi connectivity index (χ1) is 10.1. The van der Waals surface area contributed by atoms with Crippen molar-refractivity contribution < 1.29 is 0 Å². The van der Waals surface area contributed by atoms with Gasteiger partial charge < -0.3 is 5.32 Å². The highest BCUT2D eigenvalue weighted by atomic mass is 79.9. The van der Waals surface area contributed by atoms with E-state index in [0.29, 0.717) is 0 Å². The van der Waals surface area contributed by atoms with E-state index in [0.717, 1.165) is 28.5 Å². The first-order valence-electron chi connectivity index (χ1n) is 7.29. The zero-order valence-corrected chi connectivity index (χ0v) is 15.8. The molecule has 0 spiro atoms. The van der Waals surface area contributed by atoms with Crippen molar-refractivity contribution in [2.24, 2.45) is 0 Å². The molecule has 1 N–H and O–H groups in total. The molecule has 2 aromatic rings. The number of aryl methyl sites for hydroxylation is 2. The summed E-state index contributed by atoms with van der Waals surface area (Å²) in [6, 6.07) is 6.63. The third-order valence-electron chi connectivity index (χ3n) is 3.47. The van der Waals surface area contributed by atoms with Crippen LogP contribution in [-0.2, 0) is 6.54 Å². The fraction of sp³-hybridized carbons (Fsp3) is 0.438. The van der Waals surface area contributed by atoms with E-state index in [1.807, 2.05) is 10.9 Å². The zero-order chi connectivity index (χ0) is 15.4. The highest BCUT2D eigenvalue weighted by Gasteiger charge is 2.22. The Kier molecular flexibility index (Phi) is 6.02. The molecule has 0 saturated heterocycles. The maximum atomic E-state index is 4.45. The summed E-state index contributed by atoms with van der Waals surface area (Å²) in [5.74, 6) is 0. The van der Waals surface area contributed by atoms with Gasteiger partial charge in [0.25, 0.3) is 0 Å². The Morgan fingerprint density at radius 3 is 2.62 bits per heavy atom. The quantitative estimate of drug-likeness (QED) is 0.733. The number of aromatic nitrogens is 2. The Morgan fingerprint density at radius 1 is 1.24 bits per heavy atom. The Hall–Kier alpha value is -0.650. The lowest BCUT2D eigenvalue weighted by molar-refractivity contribution is 0.527. The van der Waals surface area contributed by atoms with E-state index >= 15 is 0 Å². The predicted molar refractivity (Wildman–Crippen MR) is 94.6 cm³/mol. The molecule has 1 aromatic carbocycles. The molecule has 1 heterocycles. The van der Waals surface area contributed by atoms with E-state index in [9.17, 15) is 0 Å². The van der Waals surface area contributed by atoms with Crippen LogP contribution in [0, 0.1) is 6.92 Å². The van der Waals surface area contributed by atoms with Crippen LogP contribution in [0.2, 0.25) is 0 Å². The second-order valence-electron chi connectivity index (χ2n) is 5.11. The van der Waals surface area contributed by atoms with Crippen LogP contribution < -0.4 is 5.32 Å². The summed E-state index contributed by atoms with van der Waals surface area (Å²) >= 11 is 7.36. The molecule has 0 aliphatic carbocycles. The van der Waals surface area contributed by atoms with Crippen LogP contribution in [-0.4, -0.2) is 16.3 Å². The summed E-state index contributed by atoms with van der Waals surface area (Å²) < 4.78 is 4.22. The minimum absolute atomic E-state index is 0.122. The van der Waals surface area contributed by atoms with Gasteiger partial charge in [0.15, 0.2) is 0 Å². The molecule has 1 unspecified atom stereocenters. The molecule has 114 valence electrons. The molecular formula is C16H21Br2N3. The van der Waals surface area contributed by atoms with E-state index in [1.54, 1.807) is 0 Å². The average Bonchev–Trinajstić information content (AvgIpc) is 2.82. The summed E-state index contributed by atoms with van der Waals surface area (Å²) in [5.41, 5.74) is 3.67. The van der Waals surface area contributed by atoms with Crippen molar-refractivity contribution in [1.82, 2.24) is 15.1 Å². The van der Waals surface area contributed by atoms with Crippen LogP contribution in [0.15, 0.2) is 33.3 Å².